The maximum Gasteiger partial charge on any atom is 0.265 e. The Hall–Kier alpha value is -2.73. The van der Waals surface area contributed by atoms with Crippen LogP contribution in [0.5, 0.6) is 0 Å². The van der Waals surface area contributed by atoms with E-state index in [1.807, 2.05) is 32.0 Å². The summed E-state index contributed by atoms with van der Waals surface area (Å²) in [5.74, 6) is -0.747. The highest BCUT2D eigenvalue weighted by Crippen LogP contribution is 2.27. The lowest BCUT2D eigenvalue weighted by molar-refractivity contribution is -0.132. The van der Waals surface area contributed by atoms with Gasteiger partial charge in [-0.2, -0.15) is 0 Å². The molecule has 3 rings (SSSR count). The molecule has 2 heterocycles. The minimum absolute atomic E-state index is 0.123. The summed E-state index contributed by atoms with van der Waals surface area (Å²) in [7, 11) is 3.17. The van der Waals surface area contributed by atoms with Gasteiger partial charge in [-0.25, -0.2) is 0 Å². The Morgan fingerprint density at radius 2 is 1.63 bits per heavy atom. The van der Waals surface area contributed by atoms with Gasteiger partial charge in [-0.1, -0.05) is 25.1 Å². The molecule has 0 bridgehead atoms. The van der Waals surface area contributed by atoms with Crippen molar-refractivity contribution in [1.82, 2.24) is 14.4 Å². The number of thiocarbonyl (C=S) groups is 1. The SMILES string of the molecule is CCc1ccccc1-n1c(C)cc(C=C2C(=O)N(C)C(=S)N(C)C2=O)c1C. The summed E-state index contributed by atoms with van der Waals surface area (Å²) < 4.78 is 2.17. The molecule has 0 N–H and O–H groups in total. The number of amides is 2. The van der Waals surface area contributed by atoms with Gasteiger partial charge in [0.15, 0.2) is 5.11 Å². The van der Waals surface area contributed by atoms with Crippen molar-refractivity contribution >= 4 is 35.2 Å². The Balaban J connectivity index is 2.12. The number of aryl methyl sites for hydroxylation is 2. The maximum absolute atomic E-state index is 12.6. The van der Waals surface area contributed by atoms with Gasteiger partial charge in [-0.15, -0.1) is 0 Å². The molecule has 27 heavy (non-hydrogen) atoms. The van der Waals surface area contributed by atoms with Gasteiger partial charge in [-0.3, -0.25) is 19.4 Å². The van der Waals surface area contributed by atoms with Gasteiger partial charge < -0.3 is 4.57 Å². The van der Waals surface area contributed by atoms with Gasteiger partial charge in [0, 0.05) is 31.2 Å². The first kappa shape index (κ1) is 19.0. The normalized spacial score (nSPS) is 15.0. The minimum atomic E-state index is -0.373. The number of rotatable bonds is 3. The van der Waals surface area contributed by atoms with Crippen LogP contribution in [0, 0.1) is 13.8 Å². The molecule has 6 heteroatoms. The van der Waals surface area contributed by atoms with Gasteiger partial charge in [0.1, 0.15) is 5.57 Å². The molecule has 0 spiro atoms. The summed E-state index contributed by atoms with van der Waals surface area (Å²) in [5, 5.41) is 0.212. The molecule has 0 unspecified atom stereocenters. The molecule has 1 aromatic heterocycles. The zero-order valence-corrected chi connectivity index (χ0v) is 17.1. The van der Waals surface area contributed by atoms with E-state index in [0.717, 1.165) is 29.1 Å². The van der Waals surface area contributed by atoms with E-state index in [-0.39, 0.29) is 22.5 Å². The Labute approximate surface area is 164 Å². The summed E-state index contributed by atoms with van der Waals surface area (Å²) in [4.78, 5) is 27.8. The molecule has 1 aromatic carbocycles. The predicted molar refractivity (Wildman–Crippen MR) is 111 cm³/mol. The second-order valence-electron chi connectivity index (χ2n) is 6.71. The first-order valence-electron chi connectivity index (χ1n) is 8.86. The van der Waals surface area contributed by atoms with Crippen molar-refractivity contribution in [2.45, 2.75) is 27.2 Å². The number of hydrogen-bond donors (Lipinski definition) is 0. The molecular formula is C21H23N3O2S. The highest BCUT2D eigenvalue weighted by molar-refractivity contribution is 7.80. The predicted octanol–water partition coefficient (Wildman–Crippen LogP) is 3.26. The van der Waals surface area contributed by atoms with Crippen LogP contribution in [-0.2, 0) is 16.0 Å². The Morgan fingerprint density at radius 1 is 1.04 bits per heavy atom. The number of carbonyl (C=O) groups excluding carboxylic acids is 2. The van der Waals surface area contributed by atoms with Crippen molar-refractivity contribution < 1.29 is 9.59 Å². The Bertz CT molecular complexity index is 961. The number of hydrogen-bond acceptors (Lipinski definition) is 3. The van der Waals surface area contributed by atoms with Crippen molar-refractivity contribution in [3.63, 3.8) is 0 Å². The van der Waals surface area contributed by atoms with Crippen LogP contribution in [0.2, 0.25) is 0 Å². The minimum Gasteiger partial charge on any atom is -0.318 e. The van der Waals surface area contributed by atoms with Crippen molar-refractivity contribution in [3.8, 4) is 5.69 Å². The topological polar surface area (TPSA) is 45.6 Å². The van der Waals surface area contributed by atoms with Crippen LogP contribution in [0.4, 0.5) is 0 Å². The largest absolute Gasteiger partial charge is 0.318 e. The standard InChI is InChI=1S/C21H23N3O2S/c1-6-15-9-7-8-10-18(15)24-13(2)11-16(14(24)3)12-17-19(25)22(4)21(27)23(5)20(17)26/h7-12H,6H2,1-5H3. The third kappa shape index (κ3) is 3.10. The van der Waals surface area contributed by atoms with E-state index in [2.05, 4.69) is 23.6 Å². The maximum atomic E-state index is 12.6. The molecule has 0 saturated carbocycles. The number of aromatic nitrogens is 1. The Morgan fingerprint density at radius 3 is 2.22 bits per heavy atom. The van der Waals surface area contributed by atoms with Crippen LogP contribution in [-0.4, -0.2) is 45.4 Å². The van der Waals surface area contributed by atoms with Crippen molar-refractivity contribution in [1.29, 1.82) is 0 Å². The summed E-state index contributed by atoms with van der Waals surface area (Å²) >= 11 is 5.14. The molecule has 1 aliphatic heterocycles. The van der Waals surface area contributed by atoms with E-state index in [9.17, 15) is 9.59 Å². The quantitative estimate of drug-likeness (QED) is 0.466. The van der Waals surface area contributed by atoms with Gasteiger partial charge in [0.25, 0.3) is 11.8 Å². The second kappa shape index (κ2) is 7.12. The first-order valence-corrected chi connectivity index (χ1v) is 9.27. The van der Waals surface area contributed by atoms with Gasteiger partial charge in [0.05, 0.1) is 0 Å². The van der Waals surface area contributed by atoms with E-state index in [4.69, 9.17) is 12.2 Å². The van der Waals surface area contributed by atoms with E-state index >= 15 is 0 Å². The fraction of sp³-hybridized carbons (Fsp3) is 0.286. The second-order valence-corrected chi connectivity index (χ2v) is 7.08. The van der Waals surface area contributed by atoms with Crippen LogP contribution in [0.15, 0.2) is 35.9 Å². The molecule has 1 fully saturated rings. The highest BCUT2D eigenvalue weighted by Gasteiger charge is 2.35. The average Bonchev–Trinajstić information content (AvgIpc) is 2.95. The number of nitrogens with zero attached hydrogens (tertiary/aromatic N) is 3. The lowest BCUT2D eigenvalue weighted by atomic mass is 10.1. The third-order valence-corrected chi connectivity index (χ3v) is 5.58. The molecule has 1 aliphatic rings. The molecule has 2 aromatic rings. The lowest BCUT2D eigenvalue weighted by Gasteiger charge is -2.31. The molecule has 5 nitrogen and oxygen atoms in total. The monoisotopic (exact) mass is 381 g/mol. The van der Waals surface area contributed by atoms with Gasteiger partial charge in [0.2, 0.25) is 0 Å². The van der Waals surface area contributed by atoms with Crippen LogP contribution >= 0.6 is 12.2 Å². The number of benzene rings is 1. The van der Waals surface area contributed by atoms with Crippen LogP contribution in [0.1, 0.15) is 29.4 Å². The number of para-hydroxylation sites is 1. The van der Waals surface area contributed by atoms with E-state index in [1.54, 1.807) is 20.2 Å². The zero-order chi connectivity index (χ0) is 19.9. The summed E-state index contributed by atoms with van der Waals surface area (Å²) in [6.45, 7) is 6.16. The smallest absolute Gasteiger partial charge is 0.265 e. The average molecular weight is 382 g/mol. The fourth-order valence-electron chi connectivity index (χ4n) is 3.46. The molecule has 2 amide bonds. The summed E-state index contributed by atoms with van der Waals surface area (Å²) in [5.41, 5.74) is 5.37. The fourth-order valence-corrected chi connectivity index (χ4v) is 3.63. The van der Waals surface area contributed by atoms with Crippen LogP contribution in [0.3, 0.4) is 0 Å². The van der Waals surface area contributed by atoms with Crippen molar-refractivity contribution in [2.75, 3.05) is 14.1 Å². The van der Waals surface area contributed by atoms with E-state index in [1.165, 1.54) is 15.4 Å². The number of likely N-dealkylation sites (N-methyl/N-ethyl adjacent to an activating group) is 2. The lowest BCUT2D eigenvalue weighted by Crippen LogP contribution is -2.52. The van der Waals surface area contributed by atoms with Crippen LogP contribution in [0.25, 0.3) is 11.8 Å². The summed E-state index contributed by atoms with van der Waals surface area (Å²) in [6, 6.07) is 10.3. The Kier molecular flexibility index (Phi) is 5.02. The molecule has 0 atom stereocenters. The van der Waals surface area contributed by atoms with Crippen molar-refractivity contribution in [3.05, 3.63) is 58.4 Å². The summed E-state index contributed by atoms with van der Waals surface area (Å²) in [6.07, 6.45) is 2.60. The number of carbonyl (C=O) groups is 2. The van der Waals surface area contributed by atoms with Gasteiger partial charge >= 0.3 is 0 Å². The highest BCUT2D eigenvalue weighted by atomic mass is 32.1. The molecular weight excluding hydrogens is 358 g/mol. The third-order valence-electron chi connectivity index (χ3n) is 5.03. The van der Waals surface area contributed by atoms with E-state index < -0.39 is 0 Å². The molecule has 140 valence electrons. The molecule has 0 aliphatic carbocycles. The van der Waals surface area contributed by atoms with E-state index in [0.29, 0.717) is 0 Å². The van der Waals surface area contributed by atoms with Crippen LogP contribution < -0.4 is 0 Å². The molecule has 0 radical (unpaired) electrons. The first-order chi connectivity index (χ1) is 12.8. The van der Waals surface area contributed by atoms with Crippen molar-refractivity contribution in [2.24, 2.45) is 0 Å². The zero-order valence-electron chi connectivity index (χ0n) is 16.2. The van der Waals surface area contributed by atoms with Gasteiger partial charge in [-0.05, 0) is 61.8 Å². The molecule has 1 saturated heterocycles.